The van der Waals surface area contributed by atoms with Crippen molar-refractivity contribution in [1.29, 1.82) is 0 Å². The van der Waals surface area contributed by atoms with E-state index in [9.17, 15) is 9.59 Å². The molecule has 1 aliphatic carbocycles. The van der Waals surface area contributed by atoms with Crippen molar-refractivity contribution in [3.63, 3.8) is 0 Å². The number of carbonyl (C=O) groups excluding carboxylic acids is 2. The van der Waals surface area contributed by atoms with E-state index < -0.39 is 0 Å². The molecule has 2 heterocycles. The molecule has 1 aliphatic rings. The molecule has 0 saturated carbocycles. The number of nitrogens with zero attached hydrogens (tertiary/aromatic N) is 1. The minimum absolute atomic E-state index is 0.202. The molecule has 0 atom stereocenters. The van der Waals surface area contributed by atoms with Crippen molar-refractivity contribution in [1.82, 2.24) is 4.98 Å². The van der Waals surface area contributed by atoms with E-state index in [-0.39, 0.29) is 23.1 Å². The fraction of sp³-hybridized carbons (Fsp3) is 0.136. The molecule has 4 nitrogen and oxygen atoms in total. The van der Waals surface area contributed by atoms with Gasteiger partial charge in [-0.2, -0.15) is 0 Å². The van der Waals surface area contributed by atoms with Gasteiger partial charge in [-0.1, -0.05) is 38.1 Å². The smallest absolute Gasteiger partial charge is 0.198 e. The van der Waals surface area contributed by atoms with Gasteiger partial charge in [-0.3, -0.25) is 9.59 Å². The number of thiophene rings is 1. The number of Topliss-reactive ketones (excluding diaryl/α,β-unsaturated/α-hetero) is 2. The first-order valence-corrected chi connectivity index (χ1v) is 9.57. The Morgan fingerprint density at radius 2 is 1.63 bits per heavy atom. The molecule has 5 rings (SSSR count). The van der Waals surface area contributed by atoms with Crippen molar-refractivity contribution in [2.45, 2.75) is 19.8 Å². The van der Waals surface area contributed by atoms with Crippen LogP contribution in [0.15, 0.2) is 52.5 Å². The van der Waals surface area contributed by atoms with Gasteiger partial charge in [-0.15, -0.1) is 11.3 Å². The first-order chi connectivity index (χ1) is 13.0. The summed E-state index contributed by atoms with van der Waals surface area (Å²) in [5, 5.41) is 1.91. The quantitative estimate of drug-likeness (QED) is 0.337. The summed E-state index contributed by atoms with van der Waals surface area (Å²) in [6.07, 6.45) is 1.66. The normalized spacial score (nSPS) is 14.0. The van der Waals surface area contributed by atoms with Gasteiger partial charge >= 0.3 is 0 Å². The molecule has 0 radical (unpaired) electrons. The second-order valence-electron chi connectivity index (χ2n) is 6.99. The lowest BCUT2D eigenvalue weighted by Crippen LogP contribution is -1.99. The van der Waals surface area contributed by atoms with E-state index in [1.54, 1.807) is 6.08 Å². The van der Waals surface area contributed by atoms with Gasteiger partial charge in [0.25, 0.3) is 0 Å². The van der Waals surface area contributed by atoms with Gasteiger partial charge in [0.2, 0.25) is 0 Å². The standard InChI is InChI=1S/C22H15NO3S/c1-11(2)21-23-22-18(26-21)10-14(27-22)9-17-19(24)15-7-12-5-3-4-6-13(12)8-16(15)20(17)25/h3-11H,1-2H3. The van der Waals surface area contributed by atoms with Crippen LogP contribution in [0.1, 0.15) is 51.2 Å². The highest BCUT2D eigenvalue weighted by Crippen LogP contribution is 2.34. The Bertz CT molecular complexity index is 1200. The SMILES string of the molecule is CC(C)c1nc2sc(C=C3C(=O)c4cc5ccccc5cc4C3=O)cc2o1. The maximum Gasteiger partial charge on any atom is 0.198 e. The van der Waals surface area contributed by atoms with Gasteiger partial charge in [-0.05, 0) is 29.0 Å². The van der Waals surface area contributed by atoms with Gasteiger partial charge in [-0.25, -0.2) is 4.98 Å². The van der Waals surface area contributed by atoms with Crippen LogP contribution in [0, 0.1) is 0 Å². The number of benzene rings is 2. The number of allylic oxidation sites excluding steroid dienone is 1. The van der Waals surface area contributed by atoms with Crippen molar-refractivity contribution in [2.24, 2.45) is 0 Å². The minimum atomic E-state index is -0.221. The number of ketones is 2. The average Bonchev–Trinajstić information content (AvgIpc) is 3.28. The molecule has 0 amide bonds. The highest BCUT2D eigenvalue weighted by atomic mass is 32.1. The molecule has 0 saturated heterocycles. The third kappa shape index (κ3) is 2.46. The highest BCUT2D eigenvalue weighted by molar-refractivity contribution is 7.19. The number of hydrogen-bond donors (Lipinski definition) is 0. The van der Waals surface area contributed by atoms with Crippen LogP contribution in [0.5, 0.6) is 0 Å². The predicted octanol–water partition coefficient (Wildman–Crippen LogP) is 5.63. The Morgan fingerprint density at radius 1 is 1.00 bits per heavy atom. The summed E-state index contributed by atoms with van der Waals surface area (Å²) in [5.74, 6) is 0.471. The van der Waals surface area contributed by atoms with Gasteiger partial charge in [0.05, 0.1) is 5.57 Å². The van der Waals surface area contributed by atoms with E-state index in [2.05, 4.69) is 4.98 Å². The van der Waals surface area contributed by atoms with E-state index in [0.29, 0.717) is 22.6 Å². The third-order valence-electron chi connectivity index (χ3n) is 4.77. The largest absolute Gasteiger partial charge is 0.439 e. The molecule has 2 aromatic carbocycles. The lowest BCUT2D eigenvalue weighted by Gasteiger charge is -2.00. The zero-order valence-corrected chi connectivity index (χ0v) is 15.6. The van der Waals surface area contributed by atoms with E-state index in [0.717, 1.165) is 20.5 Å². The summed E-state index contributed by atoms with van der Waals surface area (Å²) in [7, 11) is 0. The van der Waals surface area contributed by atoms with Crippen molar-refractivity contribution < 1.29 is 14.0 Å². The van der Waals surface area contributed by atoms with Crippen LogP contribution in [-0.2, 0) is 0 Å². The van der Waals surface area contributed by atoms with Crippen LogP contribution in [0.4, 0.5) is 0 Å². The molecule has 0 aliphatic heterocycles. The molecular formula is C22H15NO3S. The lowest BCUT2D eigenvalue weighted by molar-refractivity contribution is 0.0990. The third-order valence-corrected chi connectivity index (χ3v) is 5.73. The molecule has 0 N–H and O–H groups in total. The molecule has 0 bridgehead atoms. The van der Waals surface area contributed by atoms with Crippen molar-refractivity contribution in [3.8, 4) is 0 Å². The number of fused-ring (bicyclic) bond motifs is 3. The summed E-state index contributed by atoms with van der Waals surface area (Å²) in [6, 6.07) is 13.2. The maximum absolute atomic E-state index is 12.8. The summed E-state index contributed by atoms with van der Waals surface area (Å²) >= 11 is 1.42. The molecule has 4 aromatic rings. The molecule has 27 heavy (non-hydrogen) atoms. The van der Waals surface area contributed by atoms with Crippen LogP contribution < -0.4 is 0 Å². The first kappa shape index (κ1) is 16.1. The first-order valence-electron chi connectivity index (χ1n) is 8.75. The Morgan fingerprint density at radius 3 is 2.19 bits per heavy atom. The summed E-state index contributed by atoms with van der Waals surface area (Å²) in [6.45, 7) is 4.05. The average molecular weight is 373 g/mol. The van der Waals surface area contributed by atoms with Gasteiger partial charge < -0.3 is 4.42 Å². The fourth-order valence-corrected chi connectivity index (χ4v) is 4.27. The molecule has 0 unspecified atom stereocenters. The molecule has 132 valence electrons. The van der Waals surface area contributed by atoms with Crippen LogP contribution in [-0.4, -0.2) is 16.6 Å². The zero-order chi connectivity index (χ0) is 18.7. The Balaban J connectivity index is 1.58. The summed E-state index contributed by atoms with van der Waals surface area (Å²) in [4.78, 5) is 31.7. The molecular weight excluding hydrogens is 358 g/mol. The van der Waals surface area contributed by atoms with Gasteiger partial charge in [0, 0.05) is 28.0 Å². The Hall–Kier alpha value is -3.05. The van der Waals surface area contributed by atoms with Crippen LogP contribution >= 0.6 is 11.3 Å². The number of aromatic nitrogens is 1. The van der Waals surface area contributed by atoms with Crippen LogP contribution in [0.25, 0.3) is 27.3 Å². The highest BCUT2D eigenvalue weighted by Gasteiger charge is 2.33. The Labute approximate surface area is 159 Å². The molecule has 2 aromatic heterocycles. The predicted molar refractivity (Wildman–Crippen MR) is 107 cm³/mol. The number of carbonyl (C=O) groups is 2. The van der Waals surface area contributed by atoms with Crippen LogP contribution in [0.3, 0.4) is 0 Å². The van der Waals surface area contributed by atoms with Crippen molar-refractivity contribution in [2.75, 3.05) is 0 Å². The van der Waals surface area contributed by atoms with Gasteiger partial charge in [0.15, 0.2) is 27.9 Å². The second kappa shape index (κ2) is 5.72. The van der Waals surface area contributed by atoms with Crippen molar-refractivity contribution in [3.05, 3.63) is 69.9 Å². The van der Waals surface area contributed by atoms with E-state index >= 15 is 0 Å². The maximum atomic E-state index is 12.8. The lowest BCUT2D eigenvalue weighted by atomic mass is 10.0. The van der Waals surface area contributed by atoms with E-state index in [1.165, 1.54) is 11.3 Å². The molecule has 5 heteroatoms. The summed E-state index contributed by atoms with van der Waals surface area (Å²) in [5.41, 5.74) is 1.85. The van der Waals surface area contributed by atoms with E-state index in [1.807, 2.05) is 56.3 Å². The molecule has 0 fully saturated rings. The zero-order valence-electron chi connectivity index (χ0n) is 14.8. The van der Waals surface area contributed by atoms with E-state index in [4.69, 9.17) is 4.42 Å². The van der Waals surface area contributed by atoms with Crippen LogP contribution in [0.2, 0.25) is 0 Å². The number of hydrogen-bond acceptors (Lipinski definition) is 5. The number of rotatable bonds is 2. The van der Waals surface area contributed by atoms with Crippen molar-refractivity contribution >= 4 is 50.2 Å². The molecule has 0 spiro atoms. The second-order valence-corrected chi connectivity index (χ2v) is 8.05. The number of oxazole rings is 1. The fourth-order valence-electron chi connectivity index (χ4n) is 3.37. The monoisotopic (exact) mass is 373 g/mol. The Kier molecular flexibility index (Phi) is 3.42. The minimum Gasteiger partial charge on any atom is -0.439 e. The topological polar surface area (TPSA) is 60.2 Å². The summed E-state index contributed by atoms with van der Waals surface area (Å²) < 4.78 is 5.74. The van der Waals surface area contributed by atoms with Gasteiger partial charge in [0.1, 0.15) is 0 Å².